The van der Waals surface area contributed by atoms with Crippen LogP contribution in [0.4, 0.5) is 0 Å². The molecule has 3 atom stereocenters. The van der Waals surface area contributed by atoms with Gasteiger partial charge in [0.15, 0.2) is 0 Å². The first-order valence-corrected chi connectivity index (χ1v) is 7.48. The molecular formula is C17H25N. The van der Waals surface area contributed by atoms with E-state index in [1.165, 1.54) is 38.6 Å². The van der Waals surface area contributed by atoms with Crippen LogP contribution >= 0.6 is 0 Å². The molecule has 1 nitrogen and oxygen atoms in total. The summed E-state index contributed by atoms with van der Waals surface area (Å²) in [5, 5.41) is 0. The fourth-order valence-electron chi connectivity index (χ4n) is 4.32. The van der Waals surface area contributed by atoms with Crippen molar-refractivity contribution in [2.24, 2.45) is 11.8 Å². The van der Waals surface area contributed by atoms with Gasteiger partial charge in [-0.2, -0.15) is 0 Å². The molecule has 0 bridgehead atoms. The zero-order chi connectivity index (χ0) is 12.5. The van der Waals surface area contributed by atoms with Crippen LogP contribution in [0.15, 0.2) is 24.3 Å². The molecule has 2 aliphatic carbocycles. The summed E-state index contributed by atoms with van der Waals surface area (Å²) < 4.78 is 0. The highest BCUT2D eigenvalue weighted by molar-refractivity contribution is 5.34. The number of rotatable bonds is 2. The maximum atomic E-state index is 2.39. The average molecular weight is 243 g/mol. The number of nitrogens with zero attached hydrogens (tertiary/aromatic N) is 1. The second-order valence-electron chi connectivity index (χ2n) is 6.46. The molecule has 0 aromatic heterocycles. The summed E-state index contributed by atoms with van der Waals surface area (Å²) >= 11 is 0. The normalized spacial score (nSPS) is 30.9. The van der Waals surface area contributed by atoms with E-state index in [0.717, 1.165) is 17.8 Å². The molecule has 0 radical (unpaired) electrons. The van der Waals surface area contributed by atoms with Gasteiger partial charge in [-0.3, -0.25) is 0 Å². The third-order valence-electron chi connectivity index (χ3n) is 5.01. The van der Waals surface area contributed by atoms with Crippen molar-refractivity contribution >= 4 is 0 Å². The predicted octanol–water partition coefficient (Wildman–Crippen LogP) is 3.69. The molecule has 1 fully saturated rings. The van der Waals surface area contributed by atoms with Gasteiger partial charge < -0.3 is 4.90 Å². The highest BCUT2D eigenvalue weighted by atomic mass is 15.1. The highest BCUT2D eigenvalue weighted by Gasteiger charge is 2.37. The Morgan fingerprint density at radius 1 is 1.11 bits per heavy atom. The van der Waals surface area contributed by atoms with E-state index in [4.69, 9.17) is 0 Å². The largest absolute Gasteiger partial charge is 0.309 e. The van der Waals surface area contributed by atoms with E-state index < -0.39 is 0 Å². The molecule has 2 aliphatic rings. The van der Waals surface area contributed by atoms with E-state index in [1.807, 2.05) is 0 Å². The molecule has 3 unspecified atom stereocenters. The molecule has 98 valence electrons. The van der Waals surface area contributed by atoms with Gasteiger partial charge in [-0.15, -0.1) is 0 Å². The zero-order valence-corrected chi connectivity index (χ0v) is 11.7. The summed E-state index contributed by atoms with van der Waals surface area (Å²) in [6.45, 7) is 1.28. The van der Waals surface area contributed by atoms with Crippen molar-refractivity contribution in [3.05, 3.63) is 35.4 Å². The van der Waals surface area contributed by atoms with Gasteiger partial charge in [0.1, 0.15) is 0 Å². The van der Waals surface area contributed by atoms with Crippen LogP contribution in [0, 0.1) is 11.8 Å². The monoisotopic (exact) mass is 243 g/mol. The van der Waals surface area contributed by atoms with Crippen molar-refractivity contribution in [2.45, 2.75) is 38.0 Å². The van der Waals surface area contributed by atoms with Crippen LogP contribution in [0.1, 0.15) is 42.7 Å². The van der Waals surface area contributed by atoms with Gasteiger partial charge in [-0.05, 0) is 68.7 Å². The summed E-state index contributed by atoms with van der Waals surface area (Å²) in [7, 11) is 4.45. The quantitative estimate of drug-likeness (QED) is 0.765. The van der Waals surface area contributed by atoms with Gasteiger partial charge in [0.25, 0.3) is 0 Å². The number of benzene rings is 1. The van der Waals surface area contributed by atoms with E-state index in [9.17, 15) is 0 Å². The standard InChI is InChI=1S/C17H25N/c1-18(2)12-14-7-5-9-17-15-8-4-3-6-13(15)10-11-16(14)17/h3-4,6,8,14,16-17H,5,7,9-12H2,1-2H3. The first-order chi connectivity index (χ1) is 8.75. The molecular weight excluding hydrogens is 218 g/mol. The molecule has 1 aromatic carbocycles. The maximum Gasteiger partial charge on any atom is 0.000643 e. The van der Waals surface area contributed by atoms with Crippen molar-refractivity contribution in [1.29, 1.82) is 0 Å². The van der Waals surface area contributed by atoms with Crippen molar-refractivity contribution in [2.75, 3.05) is 20.6 Å². The van der Waals surface area contributed by atoms with Gasteiger partial charge in [0, 0.05) is 6.54 Å². The van der Waals surface area contributed by atoms with Crippen molar-refractivity contribution < 1.29 is 0 Å². The van der Waals surface area contributed by atoms with Crippen LogP contribution in [-0.4, -0.2) is 25.5 Å². The van der Waals surface area contributed by atoms with Gasteiger partial charge in [-0.1, -0.05) is 30.7 Å². The topological polar surface area (TPSA) is 3.24 Å². The molecule has 0 heterocycles. The molecule has 3 rings (SSSR count). The molecule has 0 amide bonds. The maximum absolute atomic E-state index is 2.39. The Morgan fingerprint density at radius 2 is 1.94 bits per heavy atom. The summed E-state index contributed by atoms with van der Waals surface area (Å²) in [6.07, 6.45) is 7.02. The molecule has 0 saturated heterocycles. The van der Waals surface area contributed by atoms with Gasteiger partial charge in [0.2, 0.25) is 0 Å². The lowest BCUT2D eigenvalue weighted by molar-refractivity contribution is 0.146. The minimum Gasteiger partial charge on any atom is -0.309 e. The SMILES string of the molecule is CN(C)CC1CCCC2c3ccccc3CCC12. The molecule has 0 spiro atoms. The fraction of sp³-hybridized carbons (Fsp3) is 0.647. The van der Waals surface area contributed by atoms with Crippen molar-refractivity contribution in [3.63, 3.8) is 0 Å². The van der Waals surface area contributed by atoms with Gasteiger partial charge >= 0.3 is 0 Å². The van der Waals surface area contributed by atoms with Crippen molar-refractivity contribution in [1.82, 2.24) is 4.90 Å². The second-order valence-corrected chi connectivity index (χ2v) is 6.46. The van der Waals surface area contributed by atoms with Crippen LogP contribution in [-0.2, 0) is 6.42 Å². The molecule has 1 saturated carbocycles. The van der Waals surface area contributed by atoms with Crippen LogP contribution in [0.5, 0.6) is 0 Å². The highest BCUT2D eigenvalue weighted by Crippen LogP contribution is 2.47. The summed E-state index contributed by atoms with van der Waals surface area (Å²) in [5.41, 5.74) is 3.31. The number of aryl methyl sites for hydroxylation is 1. The number of hydrogen-bond acceptors (Lipinski definition) is 1. The van der Waals surface area contributed by atoms with Gasteiger partial charge in [0.05, 0.1) is 0 Å². The Labute approximate surface area is 111 Å². The predicted molar refractivity (Wildman–Crippen MR) is 76.9 cm³/mol. The first kappa shape index (κ1) is 12.2. The summed E-state index contributed by atoms with van der Waals surface area (Å²) in [6, 6.07) is 9.18. The molecule has 0 aliphatic heterocycles. The Balaban J connectivity index is 1.85. The van der Waals surface area contributed by atoms with Crippen LogP contribution in [0.3, 0.4) is 0 Å². The van der Waals surface area contributed by atoms with Crippen LogP contribution < -0.4 is 0 Å². The summed E-state index contributed by atoms with van der Waals surface area (Å²) in [5.74, 6) is 2.72. The minimum absolute atomic E-state index is 0.855. The fourth-order valence-corrected chi connectivity index (χ4v) is 4.32. The molecule has 0 N–H and O–H groups in total. The minimum atomic E-state index is 0.855. The van der Waals surface area contributed by atoms with Crippen molar-refractivity contribution in [3.8, 4) is 0 Å². The molecule has 1 heteroatoms. The van der Waals surface area contributed by atoms with Crippen LogP contribution in [0.2, 0.25) is 0 Å². The van der Waals surface area contributed by atoms with E-state index in [2.05, 4.69) is 43.3 Å². The van der Waals surface area contributed by atoms with E-state index >= 15 is 0 Å². The Kier molecular flexibility index (Phi) is 3.43. The number of hydrogen-bond donors (Lipinski definition) is 0. The van der Waals surface area contributed by atoms with Crippen LogP contribution in [0.25, 0.3) is 0 Å². The Bertz CT molecular complexity index is 410. The third kappa shape index (κ3) is 2.21. The Morgan fingerprint density at radius 3 is 2.78 bits per heavy atom. The third-order valence-corrected chi connectivity index (χ3v) is 5.01. The second kappa shape index (κ2) is 5.05. The molecule has 18 heavy (non-hydrogen) atoms. The lowest BCUT2D eigenvalue weighted by Gasteiger charge is -2.43. The van der Waals surface area contributed by atoms with E-state index in [1.54, 1.807) is 11.1 Å². The zero-order valence-electron chi connectivity index (χ0n) is 11.7. The lowest BCUT2D eigenvalue weighted by Crippen LogP contribution is -2.36. The number of fused-ring (bicyclic) bond motifs is 3. The van der Waals surface area contributed by atoms with Gasteiger partial charge in [-0.25, -0.2) is 0 Å². The summed E-state index contributed by atoms with van der Waals surface area (Å²) in [4.78, 5) is 2.38. The first-order valence-electron chi connectivity index (χ1n) is 7.48. The van der Waals surface area contributed by atoms with E-state index in [0.29, 0.717) is 0 Å². The molecule has 1 aromatic rings. The Hall–Kier alpha value is -0.820. The smallest absolute Gasteiger partial charge is 0.000643 e. The lowest BCUT2D eigenvalue weighted by atomic mass is 9.63. The van der Waals surface area contributed by atoms with E-state index in [-0.39, 0.29) is 0 Å². The average Bonchev–Trinajstić information content (AvgIpc) is 2.38.